The molecule has 0 atom stereocenters. The topological polar surface area (TPSA) is 88.4 Å². The highest BCUT2D eigenvalue weighted by Gasteiger charge is 2.24. The van der Waals surface area contributed by atoms with Crippen LogP contribution in [0.15, 0.2) is 59.8 Å². The summed E-state index contributed by atoms with van der Waals surface area (Å²) in [5.41, 5.74) is 1.25. The normalized spacial score (nSPS) is 14.1. The molecule has 2 amide bonds. The second-order valence-corrected chi connectivity index (χ2v) is 7.27. The van der Waals surface area contributed by atoms with Gasteiger partial charge in [-0.05, 0) is 24.3 Å². The van der Waals surface area contributed by atoms with Gasteiger partial charge in [0.15, 0.2) is 0 Å². The first-order valence-corrected chi connectivity index (χ1v) is 10.0. The van der Waals surface area contributed by atoms with Crippen LogP contribution in [0.25, 0.3) is 10.9 Å². The quantitative estimate of drug-likeness (QED) is 0.634. The molecule has 8 heteroatoms. The lowest BCUT2D eigenvalue weighted by Crippen LogP contribution is -2.51. The molecule has 2 aromatic heterocycles. The number of para-hydroxylation sites is 1. The van der Waals surface area contributed by atoms with Gasteiger partial charge in [0.1, 0.15) is 0 Å². The van der Waals surface area contributed by atoms with E-state index in [1.807, 2.05) is 24.3 Å². The number of pyridine rings is 1. The summed E-state index contributed by atoms with van der Waals surface area (Å²) in [5.74, 6) is 0.00136. The van der Waals surface area contributed by atoms with Crippen LogP contribution in [-0.2, 0) is 22.6 Å². The Morgan fingerprint density at radius 1 is 0.867 bits per heavy atom. The van der Waals surface area contributed by atoms with Crippen molar-refractivity contribution in [1.82, 2.24) is 24.3 Å². The number of hydrogen-bond acceptors (Lipinski definition) is 5. The average molecular weight is 405 g/mol. The smallest absolute Gasteiger partial charge is 0.261 e. The van der Waals surface area contributed by atoms with Crippen molar-refractivity contribution in [1.29, 1.82) is 0 Å². The number of carbonyl (C=O) groups is 2. The third-order valence-electron chi connectivity index (χ3n) is 5.34. The Hall–Kier alpha value is -3.55. The second-order valence-electron chi connectivity index (χ2n) is 7.27. The van der Waals surface area contributed by atoms with E-state index in [9.17, 15) is 14.4 Å². The van der Waals surface area contributed by atoms with Crippen LogP contribution >= 0.6 is 0 Å². The highest BCUT2D eigenvalue weighted by molar-refractivity contribution is 5.80. The first-order chi connectivity index (χ1) is 14.6. The maximum absolute atomic E-state index is 12.6. The van der Waals surface area contributed by atoms with Crippen molar-refractivity contribution >= 4 is 22.7 Å². The number of aromatic nitrogens is 3. The number of piperazine rings is 1. The van der Waals surface area contributed by atoms with Crippen LogP contribution in [0.3, 0.4) is 0 Å². The van der Waals surface area contributed by atoms with Crippen LogP contribution in [0.1, 0.15) is 12.1 Å². The molecular formula is C22H23N5O3. The van der Waals surface area contributed by atoms with Crippen LogP contribution in [0, 0.1) is 0 Å². The molecule has 8 nitrogen and oxygen atoms in total. The SMILES string of the molecule is O=C(CCn1cnc2ccccc2c1=O)N1CCN(C(=O)Cc2ccccn2)CC1. The fourth-order valence-electron chi connectivity index (χ4n) is 3.61. The largest absolute Gasteiger partial charge is 0.339 e. The first kappa shape index (κ1) is 19.8. The molecule has 1 saturated heterocycles. The minimum absolute atomic E-state index is 0.0214. The van der Waals surface area contributed by atoms with Gasteiger partial charge in [-0.3, -0.25) is 23.9 Å². The Bertz CT molecular complexity index is 1100. The van der Waals surface area contributed by atoms with Gasteiger partial charge in [0.05, 0.1) is 23.7 Å². The van der Waals surface area contributed by atoms with Gasteiger partial charge in [-0.1, -0.05) is 18.2 Å². The molecule has 4 rings (SSSR count). The Morgan fingerprint density at radius 3 is 2.30 bits per heavy atom. The molecular weight excluding hydrogens is 382 g/mol. The lowest BCUT2D eigenvalue weighted by molar-refractivity contribution is -0.139. The summed E-state index contributed by atoms with van der Waals surface area (Å²) in [5, 5.41) is 0.549. The number of carbonyl (C=O) groups excluding carboxylic acids is 2. The predicted octanol–water partition coefficient (Wildman–Crippen LogP) is 1.10. The summed E-state index contributed by atoms with van der Waals surface area (Å²) in [4.78, 5) is 49.6. The van der Waals surface area contributed by atoms with Crippen LogP contribution in [0.5, 0.6) is 0 Å². The molecule has 0 spiro atoms. The van der Waals surface area contributed by atoms with Gasteiger partial charge >= 0.3 is 0 Å². The van der Waals surface area contributed by atoms with Crippen molar-refractivity contribution in [2.45, 2.75) is 19.4 Å². The zero-order chi connectivity index (χ0) is 20.9. The van der Waals surface area contributed by atoms with E-state index in [4.69, 9.17) is 0 Å². The number of aryl methyl sites for hydroxylation is 1. The highest BCUT2D eigenvalue weighted by atomic mass is 16.2. The predicted molar refractivity (Wildman–Crippen MR) is 112 cm³/mol. The fourth-order valence-corrected chi connectivity index (χ4v) is 3.61. The molecule has 0 radical (unpaired) electrons. The van der Waals surface area contributed by atoms with Gasteiger partial charge in [0.25, 0.3) is 5.56 Å². The minimum Gasteiger partial charge on any atom is -0.339 e. The number of nitrogens with zero attached hydrogens (tertiary/aromatic N) is 5. The van der Waals surface area contributed by atoms with Crippen molar-refractivity contribution < 1.29 is 9.59 Å². The van der Waals surface area contributed by atoms with Crippen LogP contribution in [-0.4, -0.2) is 62.3 Å². The Morgan fingerprint density at radius 2 is 1.57 bits per heavy atom. The monoisotopic (exact) mass is 405 g/mol. The van der Waals surface area contributed by atoms with Gasteiger partial charge in [0, 0.05) is 51.0 Å². The molecule has 0 bridgehead atoms. The Labute approximate surface area is 173 Å². The molecule has 3 heterocycles. The standard InChI is InChI=1S/C22H23N5O3/c28-20(8-10-27-16-24-19-7-2-1-6-18(19)22(27)30)25-11-13-26(14-12-25)21(29)15-17-5-3-4-9-23-17/h1-7,9,16H,8,10-15H2. The van der Waals surface area contributed by atoms with Crippen molar-refractivity contribution in [3.8, 4) is 0 Å². The number of benzene rings is 1. The molecule has 30 heavy (non-hydrogen) atoms. The van der Waals surface area contributed by atoms with Crippen molar-refractivity contribution in [2.24, 2.45) is 0 Å². The molecule has 0 unspecified atom stereocenters. The average Bonchev–Trinajstić information content (AvgIpc) is 2.79. The van der Waals surface area contributed by atoms with E-state index in [0.29, 0.717) is 37.1 Å². The number of fused-ring (bicyclic) bond motifs is 1. The van der Waals surface area contributed by atoms with Gasteiger partial charge in [-0.15, -0.1) is 0 Å². The van der Waals surface area contributed by atoms with Gasteiger partial charge in [0.2, 0.25) is 11.8 Å². The molecule has 3 aromatic rings. The van der Waals surface area contributed by atoms with E-state index in [1.54, 1.807) is 34.2 Å². The zero-order valence-electron chi connectivity index (χ0n) is 16.6. The molecule has 1 fully saturated rings. The van der Waals surface area contributed by atoms with Crippen LogP contribution in [0.2, 0.25) is 0 Å². The summed E-state index contributed by atoms with van der Waals surface area (Å²) in [6.07, 6.45) is 3.66. The summed E-state index contributed by atoms with van der Waals surface area (Å²) in [6, 6.07) is 12.7. The molecule has 154 valence electrons. The summed E-state index contributed by atoms with van der Waals surface area (Å²) >= 11 is 0. The fraction of sp³-hybridized carbons (Fsp3) is 0.318. The van der Waals surface area contributed by atoms with Crippen molar-refractivity contribution in [2.75, 3.05) is 26.2 Å². The summed E-state index contributed by atoms with van der Waals surface area (Å²) in [7, 11) is 0. The minimum atomic E-state index is -0.140. The zero-order valence-corrected chi connectivity index (χ0v) is 16.6. The first-order valence-electron chi connectivity index (χ1n) is 10.0. The molecule has 1 aromatic carbocycles. The van der Waals surface area contributed by atoms with E-state index in [2.05, 4.69) is 9.97 Å². The van der Waals surface area contributed by atoms with Crippen molar-refractivity contribution in [3.05, 3.63) is 71.0 Å². The number of hydrogen-bond donors (Lipinski definition) is 0. The van der Waals surface area contributed by atoms with E-state index in [-0.39, 0.29) is 36.8 Å². The second kappa shape index (κ2) is 8.86. The highest BCUT2D eigenvalue weighted by Crippen LogP contribution is 2.08. The number of rotatable bonds is 5. The van der Waals surface area contributed by atoms with Crippen LogP contribution < -0.4 is 5.56 Å². The summed E-state index contributed by atoms with van der Waals surface area (Å²) < 4.78 is 1.48. The van der Waals surface area contributed by atoms with E-state index < -0.39 is 0 Å². The molecule has 0 saturated carbocycles. The van der Waals surface area contributed by atoms with Crippen LogP contribution in [0.4, 0.5) is 0 Å². The lowest BCUT2D eigenvalue weighted by atomic mass is 10.2. The Balaban J connectivity index is 1.29. The molecule has 1 aliphatic rings. The van der Waals surface area contributed by atoms with Gasteiger partial charge < -0.3 is 9.80 Å². The maximum atomic E-state index is 12.6. The summed E-state index contributed by atoms with van der Waals surface area (Å²) in [6.45, 7) is 2.30. The van der Waals surface area contributed by atoms with E-state index in [0.717, 1.165) is 5.69 Å². The molecule has 0 N–H and O–H groups in total. The number of amides is 2. The maximum Gasteiger partial charge on any atom is 0.261 e. The third-order valence-corrected chi connectivity index (χ3v) is 5.34. The third kappa shape index (κ3) is 4.37. The molecule has 0 aliphatic carbocycles. The van der Waals surface area contributed by atoms with Gasteiger partial charge in [-0.2, -0.15) is 0 Å². The molecule has 1 aliphatic heterocycles. The van der Waals surface area contributed by atoms with E-state index in [1.165, 1.54) is 10.9 Å². The van der Waals surface area contributed by atoms with Gasteiger partial charge in [-0.25, -0.2) is 4.98 Å². The Kier molecular flexibility index (Phi) is 5.83. The van der Waals surface area contributed by atoms with Crippen molar-refractivity contribution in [3.63, 3.8) is 0 Å². The lowest BCUT2D eigenvalue weighted by Gasteiger charge is -2.35. The van der Waals surface area contributed by atoms with E-state index >= 15 is 0 Å².